The van der Waals surface area contributed by atoms with Crippen molar-refractivity contribution >= 4 is 5.69 Å². The van der Waals surface area contributed by atoms with Crippen molar-refractivity contribution in [1.29, 1.82) is 0 Å². The summed E-state index contributed by atoms with van der Waals surface area (Å²) in [5.41, 5.74) is 1.32. The van der Waals surface area contributed by atoms with Gasteiger partial charge in [0.25, 0.3) is 0 Å². The molecule has 2 aliphatic rings. The molecule has 1 aromatic rings. The minimum absolute atomic E-state index is 0.702. The Bertz CT molecular complexity index is 395. The third kappa shape index (κ3) is 4.42. The van der Waals surface area contributed by atoms with Gasteiger partial charge in [0, 0.05) is 50.3 Å². The molecule has 1 aromatic heterocycles. The first kappa shape index (κ1) is 14.8. The molecule has 0 radical (unpaired) electrons. The van der Waals surface area contributed by atoms with E-state index in [4.69, 9.17) is 0 Å². The quantitative estimate of drug-likeness (QED) is 0.899. The molecule has 3 rings (SSSR count). The maximum Gasteiger partial charge on any atom is 0.0397 e. The number of anilines is 1. The molecular formula is C17H28N4. The van der Waals surface area contributed by atoms with Crippen molar-refractivity contribution in [2.75, 3.05) is 44.2 Å². The zero-order valence-corrected chi connectivity index (χ0v) is 13.0. The Hall–Kier alpha value is -1.13. The van der Waals surface area contributed by atoms with Crippen LogP contribution in [0.2, 0.25) is 0 Å². The van der Waals surface area contributed by atoms with Crippen LogP contribution in [-0.4, -0.2) is 55.2 Å². The number of likely N-dealkylation sites (tertiary alicyclic amines) is 1. The van der Waals surface area contributed by atoms with E-state index < -0.39 is 0 Å². The fourth-order valence-electron chi connectivity index (χ4n) is 3.51. The normalized spacial score (nSPS) is 21.6. The average molecular weight is 288 g/mol. The maximum absolute atomic E-state index is 4.10. The summed E-state index contributed by atoms with van der Waals surface area (Å²) in [7, 11) is 0. The van der Waals surface area contributed by atoms with Gasteiger partial charge in [-0.1, -0.05) is 6.42 Å². The van der Waals surface area contributed by atoms with Gasteiger partial charge in [-0.05, 0) is 50.9 Å². The lowest BCUT2D eigenvalue weighted by atomic mass is 10.0. The van der Waals surface area contributed by atoms with Crippen molar-refractivity contribution in [2.45, 2.75) is 38.1 Å². The van der Waals surface area contributed by atoms with Crippen LogP contribution in [0.3, 0.4) is 0 Å². The van der Waals surface area contributed by atoms with E-state index in [1.807, 2.05) is 12.4 Å². The summed E-state index contributed by atoms with van der Waals surface area (Å²) in [6, 6.07) is 4.93. The Morgan fingerprint density at radius 1 is 1.00 bits per heavy atom. The number of nitrogens with one attached hydrogen (secondary N) is 1. The van der Waals surface area contributed by atoms with E-state index in [9.17, 15) is 0 Å². The van der Waals surface area contributed by atoms with Crippen LogP contribution in [0.15, 0.2) is 24.5 Å². The third-order valence-corrected chi connectivity index (χ3v) is 4.83. The lowest BCUT2D eigenvalue weighted by Crippen LogP contribution is -2.45. The van der Waals surface area contributed by atoms with E-state index in [1.54, 1.807) is 0 Å². The number of piperidine rings is 2. The standard InChI is InChI=1S/C17H28N4/c1-2-11-20(12-3-1)15-10-19-16-6-13-21(14-7-16)17-4-8-18-9-5-17/h4-5,8-9,16,19H,1-3,6-7,10-15H2. The molecule has 2 fully saturated rings. The molecule has 0 atom stereocenters. The molecule has 2 saturated heterocycles. The first-order valence-electron chi connectivity index (χ1n) is 8.52. The molecule has 21 heavy (non-hydrogen) atoms. The first-order chi connectivity index (χ1) is 10.4. The third-order valence-electron chi connectivity index (χ3n) is 4.83. The van der Waals surface area contributed by atoms with Gasteiger partial charge in [0.2, 0.25) is 0 Å². The zero-order chi connectivity index (χ0) is 14.3. The van der Waals surface area contributed by atoms with Gasteiger partial charge in [-0.25, -0.2) is 0 Å². The molecule has 0 aliphatic carbocycles. The summed E-state index contributed by atoms with van der Waals surface area (Å²) in [5.74, 6) is 0. The van der Waals surface area contributed by atoms with Crippen LogP contribution in [0, 0.1) is 0 Å². The van der Waals surface area contributed by atoms with Crippen LogP contribution >= 0.6 is 0 Å². The van der Waals surface area contributed by atoms with Gasteiger partial charge >= 0.3 is 0 Å². The second-order valence-corrected chi connectivity index (χ2v) is 6.32. The Kier molecular flexibility index (Phi) is 5.46. The lowest BCUT2D eigenvalue weighted by Gasteiger charge is -2.34. The van der Waals surface area contributed by atoms with Crippen molar-refractivity contribution in [3.05, 3.63) is 24.5 Å². The van der Waals surface area contributed by atoms with Crippen molar-refractivity contribution in [3.63, 3.8) is 0 Å². The van der Waals surface area contributed by atoms with Gasteiger partial charge in [-0.2, -0.15) is 0 Å². The van der Waals surface area contributed by atoms with Gasteiger partial charge in [-0.3, -0.25) is 4.98 Å². The predicted molar refractivity (Wildman–Crippen MR) is 87.8 cm³/mol. The molecule has 0 bridgehead atoms. The van der Waals surface area contributed by atoms with Crippen LogP contribution in [0.4, 0.5) is 5.69 Å². The highest BCUT2D eigenvalue weighted by Gasteiger charge is 2.19. The van der Waals surface area contributed by atoms with Crippen molar-refractivity contribution < 1.29 is 0 Å². The zero-order valence-electron chi connectivity index (χ0n) is 13.0. The fraction of sp³-hybridized carbons (Fsp3) is 0.706. The molecule has 1 N–H and O–H groups in total. The highest BCUT2D eigenvalue weighted by Crippen LogP contribution is 2.18. The Labute approximate surface area is 128 Å². The number of aromatic nitrogens is 1. The van der Waals surface area contributed by atoms with Gasteiger partial charge in [0.1, 0.15) is 0 Å². The second kappa shape index (κ2) is 7.76. The second-order valence-electron chi connectivity index (χ2n) is 6.32. The fourth-order valence-corrected chi connectivity index (χ4v) is 3.51. The van der Waals surface area contributed by atoms with Gasteiger partial charge in [0.05, 0.1) is 0 Å². The highest BCUT2D eigenvalue weighted by atomic mass is 15.2. The number of hydrogen-bond acceptors (Lipinski definition) is 4. The highest BCUT2D eigenvalue weighted by molar-refractivity contribution is 5.44. The predicted octanol–water partition coefficient (Wildman–Crippen LogP) is 2.13. The smallest absolute Gasteiger partial charge is 0.0397 e. The summed E-state index contributed by atoms with van der Waals surface area (Å²) >= 11 is 0. The van der Waals surface area contributed by atoms with E-state index >= 15 is 0 Å². The minimum atomic E-state index is 0.702. The van der Waals surface area contributed by atoms with Crippen molar-refractivity contribution in [3.8, 4) is 0 Å². The first-order valence-corrected chi connectivity index (χ1v) is 8.52. The van der Waals surface area contributed by atoms with Crippen molar-refractivity contribution in [1.82, 2.24) is 15.2 Å². The largest absolute Gasteiger partial charge is 0.371 e. The number of hydrogen-bond donors (Lipinski definition) is 1. The van der Waals surface area contributed by atoms with Crippen LogP contribution in [0.25, 0.3) is 0 Å². The molecule has 4 nitrogen and oxygen atoms in total. The number of nitrogens with zero attached hydrogens (tertiary/aromatic N) is 3. The summed E-state index contributed by atoms with van der Waals surface area (Å²) < 4.78 is 0. The summed E-state index contributed by atoms with van der Waals surface area (Å²) in [4.78, 5) is 9.19. The SMILES string of the molecule is c1cc(N2CCC(NCCN3CCCCC3)CC2)ccn1. The number of rotatable bonds is 5. The molecule has 116 valence electrons. The molecule has 0 amide bonds. The van der Waals surface area contributed by atoms with E-state index in [0.717, 1.165) is 19.6 Å². The van der Waals surface area contributed by atoms with E-state index in [0.29, 0.717) is 6.04 Å². The van der Waals surface area contributed by atoms with E-state index in [1.165, 1.54) is 57.4 Å². The van der Waals surface area contributed by atoms with E-state index in [2.05, 4.69) is 32.2 Å². The van der Waals surface area contributed by atoms with Gasteiger partial charge < -0.3 is 15.1 Å². The summed E-state index contributed by atoms with van der Waals surface area (Å²) in [6.45, 7) is 7.31. The molecule has 0 aromatic carbocycles. The van der Waals surface area contributed by atoms with Gasteiger partial charge in [-0.15, -0.1) is 0 Å². The minimum Gasteiger partial charge on any atom is -0.371 e. The topological polar surface area (TPSA) is 31.4 Å². The van der Waals surface area contributed by atoms with Gasteiger partial charge in [0.15, 0.2) is 0 Å². The molecule has 0 spiro atoms. The molecular weight excluding hydrogens is 260 g/mol. The number of pyridine rings is 1. The molecule has 0 saturated carbocycles. The van der Waals surface area contributed by atoms with Crippen LogP contribution in [0.5, 0.6) is 0 Å². The Morgan fingerprint density at radius 2 is 1.71 bits per heavy atom. The summed E-state index contributed by atoms with van der Waals surface area (Å²) in [6.07, 6.45) is 10.5. The monoisotopic (exact) mass is 288 g/mol. The molecule has 3 heterocycles. The molecule has 0 unspecified atom stereocenters. The van der Waals surface area contributed by atoms with E-state index in [-0.39, 0.29) is 0 Å². The molecule has 2 aliphatic heterocycles. The average Bonchev–Trinajstić information content (AvgIpc) is 2.57. The maximum atomic E-state index is 4.10. The van der Waals surface area contributed by atoms with Crippen LogP contribution < -0.4 is 10.2 Å². The summed E-state index contributed by atoms with van der Waals surface area (Å²) in [5, 5.41) is 3.76. The molecule has 4 heteroatoms. The van der Waals surface area contributed by atoms with Crippen LogP contribution in [-0.2, 0) is 0 Å². The Morgan fingerprint density at radius 3 is 2.43 bits per heavy atom. The Balaban J connectivity index is 1.34. The van der Waals surface area contributed by atoms with Crippen molar-refractivity contribution in [2.24, 2.45) is 0 Å². The van der Waals surface area contributed by atoms with Crippen LogP contribution in [0.1, 0.15) is 32.1 Å². The lowest BCUT2D eigenvalue weighted by molar-refractivity contribution is 0.224.